The van der Waals surface area contributed by atoms with Crippen LogP contribution in [-0.4, -0.2) is 44.2 Å². The van der Waals surface area contributed by atoms with Crippen molar-refractivity contribution in [1.29, 1.82) is 0 Å². The first-order chi connectivity index (χ1) is 17.1. The molecule has 8 heteroatoms. The molecule has 6 nitrogen and oxygen atoms in total. The van der Waals surface area contributed by atoms with E-state index in [4.69, 9.17) is 5.10 Å². The first kappa shape index (κ1) is 22.9. The van der Waals surface area contributed by atoms with E-state index in [9.17, 15) is 14.0 Å². The summed E-state index contributed by atoms with van der Waals surface area (Å²) in [5, 5.41) is 7.70. The van der Waals surface area contributed by atoms with Crippen molar-refractivity contribution in [2.75, 3.05) is 11.6 Å². The lowest BCUT2D eigenvalue weighted by Gasteiger charge is -2.23. The fraction of sp³-hybridized carbons (Fsp3) is 0.148. The molecule has 35 heavy (non-hydrogen) atoms. The van der Waals surface area contributed by atoms with E-state index < -0.39 is 6.04 Å². The number of halogens is 1. The first-order valence-corrected chi connectivity index (χ1v) is 12.4. The van der Waals surface area contributed by atoms with Crippen LogP contribution in [-0.2, 0) is 11.3 Å². The smallest absolute Gasteiger partial charge is 0.255 e. The maximum Gasteiger partial charge on any atom is 0.255 e. The number of carbonyl (C=O) groups is 2. The number of thioether (sulfide) groups is 1. The number of para-hydroxylation sites is 1. The normalized spacial score (nSPS) is 15.2. The molecule has 1 aliphatic rings. The molecule has 5 rings (SSSR count). The zero-order chi connectivity index (χ0) is 24.2. The fourth-order valence-electron chi connectivity index (χ4n) is 4.01. The van der Waals surface area contributed by atoms with Crippen LogP contribution in [0.5, 0.6) is 0 Å². The van der Waals surface area contributed by atoms with Gasteiger partial charge < -0.3 is 10.2 Å². The van der Waals surface area contributed by atoms with Crippen LogP contribution in [0, 0.1) is 5.82 Å². The van der Waals surface area contributed by atoms with Crippen molar-refractivity contribution in [3.8, 4) is 16.9 Å². The molecule has 1 N–H and O–H groups in total. The Hall–Kier alpha value is -3.91. The average molecular weight is 487 g/mol. The molecule has 1 saturated heterocycles. The van der Waals surface area contributed by atoms with Gasteiger partial charge in [0, 0.05) is 35.2 Å². The Morgan fingerprint density at radius 2 is 1.66 bits per heavy atom. The minimum Gasteiger partial charge on any atom is -0.350 e. The molecule has 2 heterocycles. The number of benzene rings is 3. The van der Waals surface area contributed by atoms with Crippen LogP contribution in [0.1, 0.15) is 15.9 Å². The number of nitrogens with one attached hydrogen (secondary N) is 1. The van der Waals surface area contributed by atoms with Crippen LogP contribution < -0.4 is 5.32 Å². The van der Waals surface area contributed by atoms with Crippen molar-refractivity contribution in [3.05, 3.63) is 108 Å². The van der Waals surface area contributed by atoms with Crippen molar-refractivity contribution in [3.63, 3.8) is 0 Å². The summed E-state index contributed by atoms with van der Waals surface area (Å²) in [5.74, 6) is 0.321. The molecule has 1 fully saturated rings. The Morgan fingerprint density at radius 1 is 0.971 bits per heavy atom. The van der Waals surface area contributed by atoms with E-state index >= 15 is 0 Å². The summed E-state index contributed by atoms with van der Waals surface area (Å²) in [6.45, 7) is 0.229. The standard InChI is InChI=1S/C27H23FN4O2S/c28-22-13-11-19(12-14-22)25-21(16-32(30-25)23-9-5-2-6-10-23)15-29-26(33)24-17-35-18-31(24)27(34)20-7-3-1-4-8-20/h1-14,16,24H,15,17-18H2,(H,29,33)/t24-/m0/s1. The Labute approximate surface area is 206 Å². The third-order valence-corrected chi connectivity index (χ3v) is 6.86. The Bertz CT molecular complexity index is 1330. The van der Waals surface area contributed by atoms with E-state index in [-0.39, 0.29) is 24.2 Å². The van der Waals surface area contributed by atoms with Crippen LogP contribution in [0.25, 0.3) is 16.9 Å². The van der Waals surface area contributed by atoms with Gasteiger partial charge in [-0.3, -0.25) is 9.59 Å². The van der Waals surface area contributed by atoms with E-state index in [1.807, 2.05) is 54.7 Å². The summed E-state index contributed by atoms with van der Waals surface area (Å²) in [6, 6.07) is 24.2. The first-order valence-electron chi connectivity index (χ1n) is 11.2. The van der Waals surface area contributed by atoms with E-state index in [1.54, 1.807) is 45.6 Å². The number of amides is 2. The molecule has 2 amide bonds. The van der Waals surface area contributed by atoms with Crippen molar-refractivity contribution in [2.45, 2.75) is 12.6 Å². The van der Waals surface area contributed by atoms with Gasteiger partial charge in [-0.1, -0.05) is 36.4 Å². The molecule has 0 unspecified atom stereocenters. The molecule has 4 aromatic rings. The van der Waals surface area contributed by atoms with Crippen LogP contribution in [0.2, 0.25) is 0 Å². The third kappa shape index (κ3) is 4.97. The van der Waals surface area contributed by atoms with Crippen molar-refractivity contribution in [1.82, 2.24) is 20.0 Å². The lowest BCUT2D eigenvalue weighted by Crippen LogP contribution is -2.47. The summed E-state index contributed by atoms with van der Waals surface area (Å²) in [5.41, 5.74) is 3.64. The van der Waals surface area contributed by atoms with Gasteiger partial charge >= 0.3 is 0 Å². The summed E-state index contributed by atoms with van der Waals surface area (Å²) >= 11 is 1.56. The second kappa shape index (κ2) is 10.1. The van der Waals surface area contributed by atoms with E-state index in [0.717, 1.165) is 16.8 Å². The molecular weight excluding hydrogens is 463 g/mol. The molecule has 3 aromatic carbocycles. The second-order valence-corrected chi connectivity index (χ2v) is 9.16. The third-order valence-electron chi connectivity index (χ3n) is 5.85. The van der Waals surface area contributed by atoms with Gasteiger partial charge in [-0.25, -0.2) is 9.07 Å². The van der Waals surface area contributed by atoms with Gasteiger partial charge in [0.1, 0.15) is 11.9 Å². The number of rotatable bonds is 6. The van der Waals surface area contributed by atoms with Crippen molar-refractivity contribution >= 4 is 23.6 Å². The topological polar surface area (TPSA) is 67.2 Å². The molecule has 0 bridgehead atoms. The molecule has 1 atom stereocenters. The largest absolute Gasteiger partial charge is 0.350 e. The Balaban J connectivity index is 1.36. The number of nitrogens with zero attached hydrogens (tertiary/aromatic N) is 3. The maximum atomic E-state index is 13.5. The summed E-state index contributed by atoms with van der Waals surface area (Å²) < 4.78 is 15.3. The van der Waals surface area contributed by atoms with Crippen LogP contribution in [0.15, 0.2) is 91.1 Å². The Morgan fingerprint density at radius 3 is 2.37 bits per heavy atom. The lowest BCUT2D eigenvalue weighted by molar-refractivity contribution is -0.124. The maximum absolute atomic E-state index is 13.5. The van der Waals surface area contributed by atoms with Crippen LogP contribution in [0.4, 0.5) is 4.39 Å². The number of carbonyl (C=O) groups excluding carboxylic acids is 2. The second-order valence-electron chi connectivity index (χ2n) is 8.16. The molecule has 0 saturated carbocycles. The molecule has 0 aliphatic carbocycles. The van der Waals surface area contributed by atoms with Gasteiger partial charge in [-0.05, 0) is 48.5 Å². The number of hydrogen-bond acceptors (Lipinski definition) is 4. The van der Waals surface area contributed by atoms with Gasteiger partial charge in [0.25, 0.3) is 5.91 Å². The van der Waals surface area contributed by atoms with Gasteiger partial charge in [0.05, 0.1) is 17.3 Å². The minimum absolute atomic E-state index is 0.153. The molecule has 1 aliphatic heterocycles. The molecule has 0 radical (unpaired) electrons. The predicted octanol–water partition coefficient (Wildman–Crippen LogP) is 4.51. The highest BCUT2D eigenvalue weighted by Gasteiger charge is 2.35. The molecule has 0 spiro atoms. The lowest BCUT2D eigenvalue weighted by atomic mass is 10.1. The Kier molecular flexibility index (Phi) is 6.63. The highest BCUT2D eigenvalue weighted by atomic mass is 32.2. The predicted molar refractivity (Wildman–Crippen MR) is 135 cm³/mol. The van der Waals surface area contributed by atoms with Gasteiger partial charge in [-0.2, -0.15) is 5.10 Å². The minimum atomic E-state index is -0.550. The zero-order valence-electron chi connectivity index (χ0n) is 18.8. The van der Waals surface area contributed by atoms with Crippen LogP contribution in [0.3, 0.4) is 0 Å². The van der Waals surface area contributed by atoms with E-state index in [2.05, 4.69) is 5.32 Å². The summed E-state index contributed by atoms with van der Waals surface area (Å²) in [4.78, 5) is 27.7. The quantitative estimate of drug-likeness (QED) is 0.436. The van der Waals surface area contributed by atoms with Crippen molar-refractivity contribution < 1.29 is 14.0 Å². The summed E-state index contributed by atoms with van der Waals surface area (Å²) in [7, 11) is 0. The summed E-state index contributed by atoms with van der Waals surface area (Å²) in [6.07, 6.45) is 1.87. The van der Waals surface area contributed by atoms with Crippen LogP contribution >= 0.6 is 11.8 Å². The average Bonchev–Trinajstić information content (AvgIpc) is 3.56. The highest BCUT2D eigenvalue weighted by Crippen LogP contribution is 2.26. The van der Waals surface area contributed by atoms with Gasteiger partial charge in [0.2, 0.25) is 5.91 Å². The number of hydrogen-bond donors (Lipinski definition) is 1. The van der Waals surface area contributed by atoms with Gasteiger partial charge in [-0.15, -0.1) is 11.8 Å². The molecular formula is C27H23FN4O2S. The SMILES string of the molecule is O=C(NCc1cn(-c2ccccc2)nc1-c1ccc(F)cc1)[C@@H]1CSCN1C(=O)c1ccccc1. The zero-order valence-corrected chi connectivity index (χ0v) is 19.6. The van der Waals surface area contributed by atoms with E-state index in [0.29, 0.717) is 22.9 Å². The monoisotopic (exact) mass is 486 g/mol. The fourth-order valence-corrected chi connectivity index (χ4v) is 5.16. The number of aromatic nitrogens is 2. The molecule has 176 valence electrons. The van der Waals surface area contributed by atoms with Crippen molar-refractivity contribution in [2.24, 2.45) is 0 Å². The highest BCUT2D eigenvalue weighted by molar-refractivity contribution is 7.99. The molecule has 1 aromatic heterocycles. The van der Waals surface area contributed by atoms with E-state index in [1.165, 1.54) is 12.1 Å². The van der Waals surface area contributed by atoms with Gasteiger partial charge in [0.15, 0.2) is 0 Å².